The maximum absolute atomic E-state index is 11.4. The smallest absolute Gasteiger partial charge is 0.152 e. The average molecular weight is 374 g/mol. The summed E-state index contributed by atoms with van der Waals surface area (Å²) in [5.41, 5.74) is 3.28. The molecule has 2 saturated heterocycles. The molecule has 0 aliphatic carbocycles. The number of aldehydes is 1. The fraction of sp³-hybridized carbons (Fsp3) is 0.611. The first kappa shape index (κ1) is 21.2. The number of benzene rings is 1. The van der Waals surface area contributed by atoms with Gasteiger partial charge in [-0.25, -0.2) is 0 Å². The van der Waals surface area contributed by atoms with Crippen molar-refractivity contribution in [2.45, 2.75) is 25.8 Å². The second-order valence-corrected chi connectivity index (χ2v) is 6.64. The molecule has 0 atom stereocenters. The summed E-state index contributed by atoms with van der Waals surface area (Å²) in [6.45, 7) is 7.57. The van der Waals surface area contributed by atoms with E-state index in [1.54, 1.807) is 0 Å². The number of hydrogen-bond acceptors (Lipinski definition) is 4. The monoisotopic (exact) mass is 373 g/mol. The highest BCUT2D eigenvalue weighted by Crippen LogP contribution is 2.24. The molecule has 136 valence electrons. The van der Waals surface area contributed by atoms with Crippen molar-refractivity contribution in [1.82, 2.24) is 9.80 Å². The first-order chi connectivity index (χ1) is 10.8. The molecule has 2 aliphatic rings. The number of rotatable bonds is 4. The Labute approximate surface area is 158 Å². The fourth-order valence-corrected chi connectivity index (χ4v) is 3.48. The van der Waals surface area contributed by atoms with Crippen LogP contribution in [0.5, 0.6) is 0 Å². The number of piperidine rings is 1. The summed E-state index contributed by atoms with van der Waals surface area (Å²) in [5, 5.41) is 0. The zero-order valence-electron chi connectivity index (χ0n) is 14.4. The van der Waals surface area contributed by atoms with Crippen molar-refractivity contribution in [2.24, 2.45) is 0 Å². The molecule has 0 spiro atoms. The number of halogens is 2. The van der Waals surface area contributed by atoms with Crippen LogP contribution in [-0.4, -0.2) is 62.4 Å². The van der Waals surface area contributed by atoms with Crippen LogP contribution in [-0.2, 0) is 6.54 Å². The van der Waals surface area contributed by atoms with Crippen molar-refractivity contribution in [2.75, 3.05) is 51.2 Å². The van der Waals surface area contributed by atoms with Gasteiger partial charge in [-0.2, -0.15) is 0 Å². The highest BCUT2D eigenvalue weighted by Gasteiger charge is 2.18. The number of carbonyl (C=O) groups excluding carboxylic acids is 1. The molecule has 2 fully saturated rings. The summed E-state index contributed by atoms with van der Waals surface area (Å²) in [5.74, 6) is 0. The molecule has 2 aliphatic heterocycles. The van der Waals surface area contributed by atoms with Gasteiger partial charge in [-0.3, -0.25) is 9.69 Å². The Balaban J connectivity index is 0.00000144. The number of piperazine rings is 1. The number of likely N-dealkylation sites (N-methyl/N-ethyl adjacent to an activating group) is 1. The fourth-order valence-electron chi connectivity index (χ4n) is 3.48. The Kier molecular flexibility index (Phi) is 9.06. The molecule has 6 heteroatoms. The Morgan fingerprint density at radius 1 is 0.958 bits per heavy atom. The van der Waals surface area contributed by atoms with E-state index in [-0.39, 0.29) is 24.8 Å². The molecular formula is C18H29Cl2N3O. The van der Waals surface area contributed by atoms with E-state index in [0.29, 0.717) is 0 Å². The van der Waals surface area contributed by atoms with Gasteiger partial charge in [0.2, 0.25) is 0 Å². The van der Waals surface area contributed by atoms with Crippen LogP contribution in [0.3, 0.4) is 0 Å². The van der Waals surface area contributed by atoms with Crippen LogP contribution in [0.4, 0.5) is 5.69 Å². The van der Waals surface area contributed by atoms with Crippen molar-refractivity contribution < 1.29 is 4.79 Å². The lowest BCUT2D eigenvalue weighted by atomic mass is 10.1. The molecule has 0 N–H and O–H groups in total. The Bertz CT molecular complexity index is 513. The third-order valence-corrected chi connectivity index (χ3v) is 4.92. The number of nitrogens with zero attached hydrogens (tertiary/aromatic N) is 3. The molecule has 4 nitrogen and oxygen atoms in total. The summed E-state index contributed by atoms with van der Waals surface area (Å²) in [7, 11) is 2.16. The molecule has 0 saturated carbocycles. The van der Waals surface area contributed by atoms with E-state index in [9.17, 15) is 4.79 Å². The van der Waals surface area contributed by atoms with Gasteiger partial charge in [-0.15, -0.1) is 24.8 Å². The normalized spacial score (nSPS) is 19.3. The zero-order chi connectivity index (χ0) is 15.4. The van der Waals surface area contributed by atoms with Crippen molar-refractivity contribution in [1.29, 1.82) is 0 Å². The van der Waals surface area contributed by atoms with E-state index < -0.39 is 0 Å². The highest BCUT2D eigenvalue weighted by molar-refractivity contribution is 5.86. The predicted molar refractivity (Wildman–Crippen MR) is 105 cm³/mol. The van der Waals surface area contributed by atoms with Crippen LogP contribution in [0.1, 0.15) is 35.2 Å². The summed E-state index contributed by atoms with van der Waals surface area (Å²) < 4.78 is 0. The summed E-state index contributed by atoms with van der Waals surface area (Å²) >= 11 is 0. The molecule has 0 aromatic heterocycles. The Hall–Kier alpha value is -0.810. The molecule has 1 aromatic rings. The number of hydrogen-bond donors (Lipinski definition) is 0. The number of carbonyl (C=O) groups is 1. The molecular weight excluding hydrogens is 345 g/mol. The SMILES string of the molecule is CN1CCN(c2cc(CN3CCCCC3)ccc2C=O)CC1.Cl.Cl. The van der Waals surface area contributed by atoms with Crippen LogP contribution in [0.2, 0.25) is 0 Å². The minimum atomic E-state index is 0. The lowest BCUT2D eigenvalue weighted by molar-refractivity contribution is 0.112. The van der Waals surface area contributed by atoms with Gasteiger partial charge in [0.25, 0.3) is 0 Å². The first-order valence-electron chi connectivity index (χ1n) is 8.50. The molecule has 24 heavy (non-hydrogen) atoms. The second-order valence-electron chi connectivity index (χ2n) is 6.64. The maximum atomic E-state index is 11.4. The van der Waals surface area contributed by atoms with E-state index in [2.05, 4.69) is 33.9 Å². The van der Waals surface area contributed by atoms with Crippen LogP contribution >= 0.6 is 24.8 Å². The summed E-state index contributed by atoms with van der Waals surface area (Å²) in [6, 6.07) is 6.36. The molecule has 0 unspecified atom stereocenters. The van der Waals surface area contributed by atoms with Gasteiger partial charge in [-0.05, 0) is 50.7 Å². The maximum Gasteiger partial charge on any atom is 0.152 e. The van der Waals surface area contributed by atoms with E-state index in [4.69, 9.17) is 0 Å². The van der Waals surface area contributed by atoms with Crippen molar-refractivity contribution in [3.63, 3.8) is 0 Å². The average Bonchev–Trinajstić information content (AvgIpc) is 2.56. The van der Waals surface area contributed by atoms with Crippen molar-refractivity contribution in [3.05, 3.63) is 29.3 Å². The van der Waals surface area contributed by atoms with E-state index in [1.165, 1.54) is 37.9 Å². The quantitative estimate of drug-likeness (QED) is 0.757. The first-order valence-corrected chi connectivity index (χ1v) is 8.50. The van der Waals surface area contributed by atoms with Crippen molar-refractivity contribution >= 4 is 36.8 Å². The van der Waals surface area contributed by atoms with Crippen molar-refractivity contribution in [3.8, 4) is 0 Å². The van der Waals surface area contributed by atoms with Gasteiger partial charge < -0.3 is 9.80 Å². The Morgan fingerprint density at radius 2 is 1.62 bits per heavy atom. The minimum Gasteiger partial charge on any atom is -0.368 e. The lowest BCUT2D eigenvalue weighted by Gasteiger charge is -2.35. The molecule has 3 rings (SSSR count). The molecule has 0 radical (unpaired) electrons. The third-order valence-electron chi connectivity index (χ3n) is 4.92. The van der Waals surface area contributed by atoms with Crippen LogP contribution < -0.4 is 4.90 Å². The molecule has 1 aromatic carbocycles. The predicted octanol–water partition coefficient (Wildman–Crippen LogP) is 3.08. The van der Waals surface area contributed by atoms with Gasteiger partial charge in [0.15, 0.2) is 6.29 Å². The highest BCUT2D eigenvalue weighted by atomic mass is 35.5. The summed E-state index contributed by atoms with van der Waals surface area (Å²) in [4.78, 5) is 18.6. The standard InChI is InChI=1S/C18H27N3O.2ClH/c1-19-9-11-21(12-10-19)18-13-16(5-6-17(18)15-22)14-20-7-3-2-4-8-20;;/h5-6,13,15H,2-4,7-12,14H2,1H3;2*1H. The van der Waals surface area contributed by atoms with Crippen LogP contribution in [0.15, 0.2) is 18.2 Å². The number of likely N-dealkylation sites (tertiary alicyclic amines) is 1. The topological polar surface area (TPSA) is 26.8 Å². The second kappa shape index (κ2) is 10.2. The van der Waals surface area contributed by atoms with Gasteiger partial charge in [0, 0.05) is 44.0 Å². The lowest BCUT2D eigenvalue weighted by Crippen LogP contribution is -2.44. The van der Waals surface area contributed by atoms with Gasteiger partial charge in [-0.1, -0.05) is 12.5 Å². The molecule has 2 heterocycles. The number of anilines is 1. The van der Waals surface area contributed by atoms with Gasteiger partial charge in [0.1, 0.15) is 0 Å². The Morgan fingerprint density at radius 3 is 2.25 bits per heavy atom. The zero-order valence-corrected chi connectivity index (χ0v) is 16.1. The van der Waals surface area contributed by atoms with Gasteiger partial charge in [0.05, 0.1) is 0 Å². The van der Waals surface area contributed by atoms with E-state index in [0.717, 1.165) is 50.3 Å². The minimum absolute atomic E-state index is 0. The third kappa shape index (κ3) is 5.35. The van der Waals surface area contributed by atoms with Crippen LogP contribution in [0, 0.1) is 0 Å². The van der Waals surface area contributed by atoms with E-state index in [1.807, 2.05) is 6.07 Å². The molecule has 0 amide bonds. The van der Waals surface area contributed by atoms with E-state index >= 15 is 0 Å². The molecule has 0 bridgehead atoms. The van der Waals surface area contributed by atoms with Crippen LogP contribution in [0.25, 0.3) is 0 Å². The van der Waals surface area contributed by atoms with Gasteiger partial charge >= 0.3 is 0 Å². The summed E-state index contributed by atoms with van der Waals surface area (Å²) in [6.07, 6.45) is 5.00. The largest absolute Gasteiger partial charge is 0.368 e.